The van der Waals surface area contributed by atoms with Gasteiger partial charge in [0, 0.05) is 26.2 Å². The minimum atomic E-state index is -0.0441. The molecule has 21 heavy (non-hydrogen) atoms. The second kappa shape index (κ2) is 7.56. The molecule has 1 saturated heterocycles. The van der Waals surface area contributed by atoms with E-state index in [0.717, 1.165) is 12.8 Å². The molecule has 7 heteroatoms. The van der Waals surface area contributed by atoms with E-state index in [1.54, 1.807) is 19.5 Å². The molecule has 1 aliphatic rings. The van der Waals surface area contributed by atoms with Crippen LogP contribution in [-0.4, -0.2) is 48.7 Å². The van der Waals surface area contributed by atoms with Crippen LogP contribution in [0.2, 0.25) is 5.02 Å². The van der Waals surface area contributed by atoms with Crippen molar-refractivity contribution in [2.75, 3.05) is 31.7 Å². The van der Waals surface area contributed by atoms with Gasteiger partial charge in [-0.25, -0.2) is 9.97 Å². The third-order valence-electron chi connectivity index (χ3n) is 3.72. The fourth-order valence-corrected chi connectivity index (χ4v) is 2.57. The molecule has 0 spiro atoms. The molecule has 2 heterocycles. The van der Waals surface area contributed by atoms with Crippen molar-refractivity contribution in [3.8, 4) is 0 Å². The molecule has 2 unspecified atom stereocenters. The average molecular weight is 313 g/mol. The van der Waals surface area contributed by atoms with E-state index in [4.69, 9.17) is 16.3 Å². The number of halogens is 1. The summed E-state index contributed by atoms with van der Waals surface area (Å²) in [5.41, 5.74) is 0. The summed E-state index contributed by atoms with van der Waals surface area (Å²) >= 11 is 5.82. The molecule has 1 aromatic rings. The molecule has 6 nitrogen and oxygen atoms in total. The number of hydrogen-bond acceptors (Lipinski definition) is 5. The SMILES string of the molecule is COCCNC(=O)C1CCC(C)N(c2ncc(Cl)cn2)C1. The van der Waals surface area contributed by atoms with Gasteiger partial charge >= 0.3 is 0 Å². The lowest BCUT2D eigenvalue weighted by Crippen LogP contribution is -2.48. The Bertz CT molecular complexity index is 469. The molecule has 2 rings (SSSR count). The highest BCUT2D eigenvalue weighted by atomic mass is 35.5. The number of piperidine rings is 1. The molecule has 0 aliphatic carbocycles. The zero-order valence-corrected chi connectivity index (χ0v) is 13.1. The van der Waals surface area contributed by atoms with E-state index < -0.39 is 0 Å². The maximum Gasteiger partial charge on any atom is 0.225 e. The molecule has 0 radical (unpaired) electrons. The molecule has 0 saturated carbocycles. The summed E-state index contributed by atoms with van der Waals surface area (Å²) in [5.74, 6) is 0.650. The number of hydrogen-bond donors (Lipinski definition) is 1. The molecule has 1 aromatic heterocycles. The number of amides is 1. The standard InChI is InChI=1S/C14H21ClN4O2/c1-10-3-4-11(13(20)16-5-6-21-2)9-19(10)14-17-7-12(15)8-18-14/h7-8,10-11H,3-6,9H2,1-2H3,(H,16,20). The Morgan fingerprint density at radius 2 is 2.19 bits per heavy atom. The Morgan fingerprint density at radius 1 is 1.48 bits per heavy atom. The van der Waals surface area contributed by atoms with Gasteiger partial charge in [0.05, 0.1) is 29.9 Å². The third-order valence-corrected chi connectivity index (χ3v) is 3.92. The van der Waals surface area contributed by atoms with Gasteiger partial charge in [0.1, 0.15) is 0 Å². The van der Waals surface area contributed by atoms with Crippen LogP contribution in [-0.2, 0) is 9.53 Å². The number of nitrogens with one attached hydrogen (secondary N) is 1. The Kier molecular flexibility index (Phi) is 5.76. The van der Waals surface area contributed by atoms with Crippen LogP contribution in [0, 0.1) is 5.92 Å². The van der Waals surface area contributed by atoms with Gasteiger partial charge in [-0.3, -0.25) is 4.79 Å². The van der Waals surface area contributed by atoms with Crippen molar-refractivity contribution in [3.63, 3.8) is 0 Å². The molecule has 2 atom stereocenters. The number of methoxy groups -OCH3 is 1. The number of carbonyl (C=O) groups excluding carboxylic acids is 1. The smallest absolute Gasteiger partial charge is 0.225 e. The monoisotopic (exact) mass is 312 g/mol. The number of ether oxygens (including phenoxy) is 1. The molecule has 1 N–H and O–H groups in total. The van der Waals surface area contributed by atoms with Crippen LogP contribution in [0.5, 0.6) is 0 Å². The van der Waals surface area contributed by atoms with Gasteiger partial charge in [-0.1, -0.05) is 11.6 Å². The van der Waals surface area contributed by atoms with E-state index in [1.807, 2.05) is 0 Å². The number of rotatable bonds is 5. The number of nitrogens with zero attached hydrogens (tertiary/aromatic N) is 3. The molecular weight excluding hydrogens is 292 g/mol. The van der Waals surface area contributed by atoms with Gasteiger partial charge in [0.25, 0.3) is 0 Å². The molecule has 0 bridgehead atoms. The number of aromatic nitrogens is 2. The minimum absolute atomic E-state index is 0.0441. The highest BCUT2D eigenvalue weighted by Gasteiger charge is 2.31. The second-order valence-corrected chi connectivity index (χ2v) is 5.70. The van der Waals surface area contributed by atoms with Crippen LogP contribution < -0.4 is 10.2 Å². The summed E-state index contributed by atoms with van der Waals surface area (Å²) < 4.78 is 4.94. The van der Waals surface area contributed by atoms with Gasteiger partial charge in [0.2, 0.25) is 11.9 Å². The number of anilines is 1. The van der Waals surface area contributed by atoms with Gasteiger partial charge in [0.15, 0.2) is 0 Å². The zero-order valence-electron chi connectivity index (χ0n) is 12.4. The Morgan fingerprint density at radius 3 is 2.86 bits per heavy atom. The van der Waals surface area contributed by atoms with Crippen molar-refractivity contribution < 1.29 is 9.53 Å². The Balaban J connectivity index is 1.98. The first kappa shape index (κ1) is 16.0. The summed E-state index contributed by atoms with van der Waals surface area (Å²) in [4.78, 5) is 22.7. The molecule has 1 amide bonds. The first-order valence-electron chi connectivity index (χ1n) is 7.12. The van der Waals surface area contributed by atoms with E-state index in [0.29, 0.717) is 36.7 Å². The average Bonchev–Trinajstić information content (AvgIpc) is 2.49. The fraction of sp³-hybridized carbons (Fsp3) is 0.643. The lowest BCUT2D eigenvalue weighted by atomic mass is 9.93. The summed E-state index contributed by atoms with van der Waals surface area (Å²) in [6.07, 6.45) is 4.98. The zero-order chi connectivity index (χ0) is 15.2. The van der Waals surface area contributed by atoms with Gasteiger partial charge in [-0.15, -0.1) is 0 Å². The maximum atomic E-state index is 12.2. The minimum Gasteiger partial charge on any atom is -0.383 e. The quantitative estimate of drug-likeness (QED) is 0.835. The van der Waals surface area contributed by atoms with Gasteiger partial charge in [-0.05, 0) is 19.8 Å². The summed E-state index contributed by atoms with van der Waals surface area (Å²) in [5, 5.41) is 3.41. The summed E-state index contributed by atoms with van der Waals surface area (Å²) in [6, 6.07) is 0.314. The molecule has 116 valence electrons. The maximum absolute atomic E-state index is 12.2. The van der Waals surface area contributed by atoms with Gasteiger partial charge < -0.3 is 15.0 Å². The van der Waals surface area contributed by atoms with Crippen molar-refractivity contribution in [3.05, 3.63) is 17.4 Å². The lowest BCUT2D eigenvalue weighted by Gasteiger charge is -2.37. The largest absolute Gasteiger partial charge is 0.383 e. The highest BCUT2D eigenvalue weighted by molar-refractivity contribution is 6.30. The predicted octanol–water partition coefficient (Wildman–Crippen LogP) is 1.50. The molecular formula is C14H21ClN4O2. The van der Waals surface area contributed by atoms with Crippen LogP contribution in [0.1, 0.15) is 19.8 Å². The second-order valence-electron chi connectivity index (χ2n) is 5.26. The van der Waals surface area contributed by atoms with E-state index in [1.165, 1.54) is 0 Å². The first-order chi connectivity index (χ1) is 10.1. The van der Waals surface area contributed by atoms with Crippen molar-refractivity contribution in [1.82, 2.24) is 15.3 Å². The summed E-state index contributed by atoms with van der Waals surface area (Å²) in [6.45, 7) is 3.82. The Labute approximate surface area is 129 Å². The topological polar surface area (TPSA) is 67.3 Å². The van der Waals surface area contributed by atoms with Crippen molar-refractivity contribution in [2.45, 2.75) is 25.8 Å². The predicted molar refractivity (Wildman–Crippen MR) is 81.5 cm³/mol. The van der Waals surface area contributed by atoms with E-state index >= 15 is 0 Å². The fourth-order valence-electron chi connectivity index (χ4n) is 2.47. The Hall–Kier alpha value is -1.40. The van der Waals surface area contributed by atoms with E-state index in [-0.39, 0.29) is 11.8 Å². The normalized spacial score (nSPS) is 22.1. The molecule has 1 aliphatic heterocycles. The van der Waals surface area contributed by atoms with Crippen LogP contribution in [0.15, 0.2) is 12.4 Å². The lowest BCUT2D eigenvalue weighted by molar-refractivity contribution is -0.125. The van der Waals surface area contributed by atoms with Crippen molar-refractivity contribution >= 4 is 23.5 Å². The van der Waals surface area contributed by atoms with Crippen molar-refractivity contribution in [1.29, 1.82) is 0 Å². The van der Waals surface area contributed by atoms with E-state index in [2.05, 4.69) is 27.1 Å². The molecule has 1 fully saturated rings. The van der Waals surface area contributed by atoms with Crippen LogP contribution in [0.3, 0.4) is 0 Å². The van der Waals surface area contributed by atoms with Crippen LogP contribution in [0.25, 0.3) is 0 Å². The van der Waals surface area contributed by atoms with Crippen LogP contribution in [0.4, 0.5) is 5.95 Å². The number of carbonyl (C=O) groups is 1. The first-order valence-corrected chi connectivity index (χ1v) is 7.50. The highest BCUT2D eigenvalue weighted by Crippen LogP contribution is 2.25. The summed E-state index contributed by atoms with van der Waals surface area (Å²) in [7, 11) is 1.62. The molecule has 0 aromatic carbocycles. The van der Waals surface area contributed by atoms with Gasteiger partial charge in [-0.2, -0.15) is 0 Å². The van der Waals surface area contributed by atoms with E-state index in [9.17, 15) is 4.79 Å². The van der Waals surface area contributed by atoms with Crippen LogP contribution >= 0.6 is 11.6 Å². The third kappa shape index (κ3) is 4.28. The van der Waals surface area contributed by atoms with Crippen molar-refractivity contribution in [2.24, 2.45) is 5.92 Å².